The molecule has 0 saturated heterocycles. The lowest BCUT2D eigenvalue weighted by Crippen LogP contribution is -2.13. The van der Waals surface area contributed by atoms with Crippen molar-refractivity contribution >= 4 is 15.9 Å². The van der Waals surface area contributed by atoms with Crippen LogP contribution in [0.25, 0.3) is 0 Å². The maximum Gasteiger partial charge on any atom is 0.128 e. The third-order valence-corrected chi connectivity index (χ3v) is 2.35. The second kappa shape index (κ2) is 3.50. The lowest BCUT2D eigenvalue weighted by atomic mass is 9.98. The Labute approximate surface area is 73.7 Å². The van der Waals surface area contributed by atoms with Crippen molar-refractivity contribution < 1.29 is 9.50 Å². The van der Waals surface area contributed by atoms with Crippen LogP contribution in [0.2, 0.25) is 0 Å². The standard InChI is InChI=1S/C8H10BrFO/c1-5-2-6(9)3-8(10)7(5)4-11/h2,8,11H,3-4H2,1H3. The first-order chi connectivity index (χ1) is 5.15. The highest BCUT2D eigenvalue weighted by atomic mass is 79.9. The first-order valence-corrected chi connectivity index (χ1v) is 4.25. The van der Waals surface area contributed by atoms with Gasteiger partial charge in [-0.25, -0.2) is 4.39 Å². The summed E-state index contributed by atoms with van der Waals surface area (Å²) < 4.78 is 13.9. The lowest BCUT2D eigenvalue weighted by molar-refractivity contribution is 0.282. The average Bonchev–Trinajstić information content (AvgIpc) is 1.85. The van der Waals surface area contributed by atoms with Crippen molar-refractivity contribution in [3.05, 3.63) is 21.7 Å². The van der Waals surface area contributed by atoms with Crippen molar-refractivity contribution in [2.45, 2.75) is 19.5 Å². The van der Waals surface area contributed by atoms with Crippen LogP contribution in [-0.4, -0.2) is 17.9 Å². The number of hydrogen-bond donors (Lipinski definition) is 1. The van der Waals surface area contributed by atoms with Crippen molar-refractivity contribution in [2.75, 3.05) is 6.61 Å². The van der Waals surface area contributed by atoms with E-state index < -0.39 is 6.17 Å². The highest BCUT2D eigenvalue weighted by molar-refractivity contribution is 9.11. The molecule has 0 amide bonds. The van der Waals surface area contributed by atoms with Gasteiger partial charge in [-0.15, -0.1) is 0 Å². The van der Waals surface area contributed by atoms with Gasteiger partial charge in [0.1, 0.15) is 6.17 Å². The van der Waals surface area contributed by atoms with E-state index in [9.17, 15) is 4.39 Å². The molecule has 3 heteroatoms. The quantitative estimate of drug-likeness (QED) is 0.720. The molecule has 62 valence electrons. The fourth-order valence-electron chi connectivity index (χ4n) is 1.15. The molecule has 1 nitrogen and oxygen atoms in total. The molecule has 0 aromatic carbocycles. The zero-order chi connectivity index (χ0) is 8.43. The largest absolute Gasteiger partial charge is 0.392 e. The molecule has 0 saturated carbocycles. The number of allylic oxidation sites excluding steroid dienone is 3. The Balaban J connectivity index is 2.92. The van der Waals surface area contributed by atoms with Gasteiger partial charge in [0.2, 0.25) is 0 Å². The zero-order valence-electron chi connectivity index (χ0n) is 6.27. The van der Waals surface area contributed by atoms with Crippen molar-refractivity contribution in [2.24, 2.45) is 0 Å². The van der Waals surface area contributed by atoms with Crippen LogP contribution in [0.5, 0.6) is 0 Å². The minimum absolute atomic E-state index is 0.177. The fraction of sp³-hybridized carbons (Fsp3) is 0.500. The van der Waals surface area contributed by atoms with Crippen LogP contribution in [0.4, 0.5) is 4.39 Å². The molecule has 1 aliphatic rings. The zero-order valence-corrected chi connectivity index (χ0v) is 7.86. The van der Waals surface area contributed by atoms with Gasteiger partial charge in [0.15, 0.2) is 0 Å². The van der Waals surface area contributed by atoms with Crippen LogP contribution in [0.3, 0.4) is 0 Å². The molecule has 0 bridgehead atoms. The molecule has 0 spiro atoms. The lowest BCUT2D eigenvalue weighted by Gasteiger charge is -2.17. The molecule has 1 rings (SSSR count). The van der Waals surface area contributed by atoms with Gasteiger partial charge in [0.25, 0.3) is 0 Å². The Hall–Kier alpha value is -0.150. The third kappa shape index (κ3) is 1.91. The SMILES string of the molecule is CC1=C(CO)C(F)CC(Br)=C1. The second-order valence-electron chi connectivity index (χ2n) is 2.63. The van der Waals surface area contributed by atoms with Gasteiger partial charge in [-0.1, -0.05) is 15.9 Å². The fourth-order valence-corrected chi connectivity index (χ4v) is 1.78. The minimum atomic E-state index is -1.01. The molecule has 0 aromatic rings. The van der Waals surface area contributed by atoms with E-state index in [0.717, 1.165) is 10.1 Å². The third-order valence-electron chi connectivity index (χ3n) is 1.80. The Morgan fingerprint density at radius 3 is 2.91 bits per heavy atom. The molecule has 0 aromatic heterocycles. The molecular weight excluding hydrogens is 211 g/mol. The Bertz CT molecular complexity index is 220. The van der Waals surface area contributed by atoms with Crippen LogP contribution in [0.15, 0.2) is 21.7 Å². The number of hydrogen-bond acceptors (Lipinski definition) is 1. The second-order valence-corrected chi connectivity index (χ2v) is 3.65. The van der Waals surface area contributed by atoms with E-state index in [-0.39, 0.29) is 6.61 Å². The summed E-state index contributed by atoms with van der Waals surface area (Å²) >= 11 is 3.23. The highest BCUT2D eigenvalue weighted by Gasteiger charge is 2.19. The van der Waals surface area contributed by atoms with E-state index >= 15 is 0 Å². The predicted molar refractivity (Wildman–Crippen MR) is 46.3 cm³/mol. The molecule has 0 radical (unpaired) electrons. The van der Waals surface area contributed by atoms with Gasteiger partial charge in [-0.3, -0.25) is 0 Å². The minimum Gasteiger partial charge on any atom is -0.392 e. The van der Waals surface area contributed by atoms with Crippen molar-refractivity contribution in [3.8, 4) is 0 Å². The normalized spacial score (nSPS) is 25.5. The van der Waals surface area contributed by atoms with E-state index in [4.69, 9.17) is 5.11 Å². The van der Waals surface area contributed by atoms with Crippen molar-refractivity contribution in [3.63, 3.8) is 0 Å². The van der Waals surface area contributed by atoms with Gasteiger partial charge in [-0.2, -0.15) is 0 Å². The number of rotatable bonds is 1. The van der Waals surface area contributed by atoms with Gasteiger partial charge in [-0.05, 0) is 28.6 Å². The van der Waals surface area contributed by atoms with Crippen molar-refractivity contribution in [1.29, 1.82) is 0 Å². The van der Waals surface area contributed by atoms with Crippen LogP contribution in [0.1, 0.15) is 13.3 Å². The van der Waals surface area contributed by atoms with E-state index in [1.54, 1.807) is 6.92 Å². The number of aliphatic hydroxyl groups excluding tert-OH is 1. The molecule has 0 heterocycles. The van der Waals surface area contributed by atoms with Gasteiger partial charge in [0, 0.05) is 6.42 Å². The Kier molecular flexibility index (Phi) is 2.84. The van der Waals surface area contributed by atoms with Gasteiger partial charge < -0.3 is 5.11 Å². The summed E-state index contributed by atoms with van der Waals surface area (Å²) in [7, 11) is 0. The predicted octanol–water partition coefficient (Wildman–Crippen LogP) is 2.32. The summed E-state index contributed by atoms with van der Waals surface area (Å²) in [5, 5.41) is 8.78. The summed E-state index contributed by atoms with van der Waals surface area (Å²) in [5.74, 6) is 0. The van der Waals surface area contributed by atoms with Gasteiger partial charge >= 0.3 is 0 Å². The molecule has 11 heavy (non-hydrogen) atoms. The van der Waals surface area contributed by atoms with E-state index in [2.05, 4.69) is 15.9 Å². The van der Waals surface area contributed by atoms with Crippen LogP contribution >= 0.6 is 15.9 Å². The molecule has 0 fully saturated rings. The van der Waals surface area contributed by atoms with Crippen LogP contribution in [0, 0.1) is 0 Å². The maximum atomic E-state index is 13.1. The van der Waals surface area contributed by atoms with E-state index in [1.807, 2.05) is 6.08 Å². The summed E-state index contributed by atoms with van der Waals surface area (Å²) in [6.07, 6.45) is 1.19. The highest BCUT2D eigenvalue weighted by Crippen LogP contribution is 2.29. The molecule has 0 aliphatic heterocycles. The number of halogens is 2. The molecule has 1 N–H and O–H groups in total. The summed E-state index contributed by atoms with van der Waals surface area (Å²) in [5.41, 5.74) is 1.34. The van der Waals surface area contributed by atoms with Gasteiger partial charge in [0.05, 0.1) is 6.61 Å². The van der Waals surface area contributed by atoms with Crippen LogP contribution in [-0.2, 0) is 0 Å². The Morgan fingerprint density at radius 1 is 1.82 bits per heavy atom. The van der Waals surface area contributed by atoms with E-state index in [1.165, 1.54) is 0 Å². The monoisotopic (exact) mass is 220 g/mol. The molecule has 1 unspecified atom stereocenters. The summed E-state index contributed by atoms with van der Waals surface area (Å²) in [4.78, 5) is 0. The number of aliphatic hydroxyl groups is 1. The summed E-state index contributed by atoms with van der Waals surface area (Å²) in [6, 6.07) is 0. The molecular formula is C8H10BrFO. The first-order valence-electron chi connectivity index (χ1n) is 3.45. The number of alkyl halides is 1. The molecule has 1 aliphatic carbocycles. The topological polar surface area (TPSA) is 20.2 Å². The van der Waals surface area contributed by atoms with Crippen LogP contribution < -0.4 is 0 Å². The summed E-state index contributed by atoms with van der Waals surface area (Å²) in [6.45, 7) is 1.63. The average molecular weight is 221 g/mol. The van der Waals surface area contributed by atoms with E-state index in [0.29, 0.717) is 12.0 Å². The Morgan fingerprint density at radius 2 is 2.45 bits per heavy atom. The van der Waals surface area contributed by atoms with Crippen molar-refractivity contribution in [1.82, 2.24) is 0 Å². The smallest absolute Gasteiger partial charge is 0.128 e. The maximum absolute atomic E-state index is 13.1. The molecule has 1 atom stereocenters. The first kappa shape index (κ1) is 8.94.